The van der Waals surface area contributed by atoms with Crippen LogP contribution in [0.1, 0.15) is 56.6 Å². The highest BCUT2D eigenvalue weighted by Gasteiger charge is 2.17. The predicted octanol–water partition coefficient (Wildman–Crippen LogP) is 1.21. The number of rotatable bonds is 5. The fourth-order valence-electron chi connectivity index (χ4n) is 3.48. The smallest absolute Gasteiger partial charge is 0.315 e. The van der Waals surface area contributed by atoms with Crippen molar-refractivity contribution in [2.75, 3.05) is 19.6 Å². The molecule has 0 spiro atoms. The minimum absolute atomic E-state index is 0.200. The molecule has 25 heavy (non-hydrogen) atoms. The van der Waals surface area contributed by atoms with Crippen LogP contribution in [-0.4, -0.2) is 51.2 Å². The molecular weight excluding hydrogens is 320 g/mol. The molecule has 2 aliphatic rings. The van der Waals surface area contributed by atoms with Gasteiger partial charge in [0, 0.05) is 39.0 Å². The van der Waals surface area contributed by atoms with Crippen molar-refractivity contribution in [3.8, 4) is 0 Å². The first-order valence-electron chi connectivity index (χ1n) is 9.44. The summed E-state index contributed by atoms with van der Waals surface area (Å²) in [7, 11) is 0. The van der Waals surface area contributed by atoms with Gasteiger partial charge < -0.3 is 20.1 Å². The maximum atomic E-state index is 12.0. The molecule has 3 amide bonds. The van der Waals surface area contributed by atoms with Gasteiger partial charge in [-0.15, -0.1) is 10.2 Å². The van der Waals surface area contributed by atoms with E-state index in [1.54, 1.807) is 0 Å². The van der Waals surface area contributed by atoms with Crippen molar-refractivity contribution in [3.05, 3.63) is 11.6 Å². The van der Waals surface area contributed by atoms with Crippen LogP contribution in [0, 0.1) is 0 Å². The van der Waals surface area contributed by atoms with Crippen molar-refractivity contribution in [1.82, 2.24) is 30.3 Å². The van der Waals surface area contributed by atoms with Gasteiger partial charge >= 0.3 is 6.03 Å². The van der Waals surface area contributed by atoms with Crippen LogP contribution in [0.4, 0.5) is 4.79 Å². The molecule has 1 fully saturated rings. The standard InChI is InChI=1S/C17H28N6O2/c24-16-8-4-2-5-10-22(16)12-9-18-17(25)19-13-15-21-20-14-7-3-1-6-11-23(14)15/h1-13H2,(H2,18,19,25). The van der Waals surface area contributed by atoms with Crippen molar-refractivity contribution in [2.24, 2.45) is 0 Å². The van der Waals surface area contributed by atoms with Crippen LogP contribution < -0.4 is 10.6 Å². The first-order valence-corrected chi connectivity index (χ1v) is 9.44. The monoisotopic (exact) mass is 348 g/mol. The number of nitrogens with zero attached hydrogens (tertiary/aromatic N) is 4. The highest BCUT2D eigenvalue weighted by molar-refractivity contribution is 5.76. The number of hydrogen-bond donors (Lipinski definition) is 2. The summed E-state index contributed by atoms with van der Waals surface area (Å²) in [6.07, 6.45) is 8.23. The second-order valence-electron chi connectivity index (χ2n) is 6.80. The Morgan fingerprint density at radius 1 is 0.960 bits per heavy atom. The Kier molecular flexibility index (Phi) is 6.25. The summed E-state index contributed by atoms with van der Waals surface area (Å²) in [5.41, 5.74) is 0. The van der Waals surface area contributed by atoms with Gasteiger partial charge in [0.2, 0.25) is 5.91 Å². The average Bonchev–Trinajstić information content (AvgIpc) is 2.77. The van der Waals surface area contributed by atoms with E-state index in [0.29, 0.717) is 26.1 Å². The van der Waals surface area contributed by atoms with Gasteiger partial charge in [0.25, 0.3) is 0 Å². The number of likely N-dealkylation sites (tertiary alicyclic amines) is 1. The topological polar surface area (TPSA) is 92.2 Å². The fourth-order valence-corrected chi connectivity index (χ4v) is 3.48. The largest absolute Gasteiger partial charge is 0.341 e. The first kappa shape index (κ1) is 17.7. The van der Waals surface area contributed by atoms with E-state index >= 15 is 0 Å². The number of nitrogens with one attached hydrogen (secondary N) is 2. The lowest BCUT2D eigenvalue weighted by atomic mass is 10.2. The number of urea groups is 1. The Hall–Kier alpha value is -2.12. The molecule has 8 nitrogen and oxygen atoms in total. The zero-order chi connectivity index (χ0) is 17.5. The number of fused-ring (bicyclic) bond motifs is 1. The highest BCUT2D eigenvalue weighted by atomic mass is 16.2. The SMILES string of the molecule is O=C(NCCN1CCCCCC1=O)NCc1nnc2n1CCCCC2. The molecule has 3 heterocycles. The number of amides is 3. The zero-order valence-corrected chi connectivity index (χ0v) is 14.8. The van der Waals surface area contributed by atoms with Crippen LogP contribution in [0.15, 0.2) is 0 Å². The number of hydrogen-bond acceptors (Lipinski definition) is 4. The van der Waals surface area contributed by atoms with Crippen LogP contribution >= 0.6 is 0 Å². The molecule has 1 aromatic rings. The molecule has 0 bridgehead atoms. The highest BCUT2D eigenvalue weighted by Crippen LogP contribution is 2.14. The predicted molar refractivity (Wildman–Crippen MR) is 92.9 cm³/mol. The Morgan fingerprint density at radius 2 is 1.76 bits per heavy atom. The molecule has 8 heteroatoms. The third-order valence-corrected chi connectivity index (χ3v) is 4.93. The lowest BCUT2D eigenvalue weighted by molar-refractivity contribution is -0.130. The number of aromatic nitrogens is 3. The van der Waals surface area contributed by atoms with Crippen LogP contribution in [0.3, 0.4) is 0 Å². The maximum absolute atomic E-state index is 12.0. The van der Waals surface area contributed by atoms with Crippen molar-refractivity contribution in [3.63, 3.8) is 0 Å². The van der Waals surface area contributed by atoms with Gasteiger partial charge in [-0.25, -0.2) is 4.79 Å². The van der Waals surface area contributed by atoms with Crippen LogP contribution in [0.2, 0.25) is 0 Å². The molecule has 1 saturated heterocycles. The minimum Gasteiger partial charge on any atom is -0.341 e. The number of aryl methyl sites for hydroxylation is 1. The molecule has 0 saturated carbocycles. The van der Waals surface area contributed by atoms with E-state index in [2.05, 4.69) is 25.4 Å². The second kappa shape index (κ2) is 8.82. The quantitative estimate of drug-likeness (QED) is 0.836. The summed E-state index contributed by atoms with van der Waals surface area (Å²) >= 11 is 0. The number of carbonyl (C=O) groups is 2. The summed E-state index contributed by atoms with van der Waals surface area (Å²) in [4.78, 5) is 25.8. The maximum Gasteiger partial charge on any atom is 0.315 e. The van der Waals surface area contributed by atoms with E-state index < -0.39 is 0 Å². The zero-order valence-electron chi connectivity index (χ0n) is 14.8. The molecule has 3 rings (SSSR count). The third-order valence-electron chi connectivity index (χ3n) is 4.93. The van der Waals surface area contributed by atoms with Crippen molar-refractivity contribution >= 4 is 11.9 Å². The van der Waals surface area contributed by atoms with E-state index in [9.17, 15) is 9.59 Å². The Morgan fingerprint density at radius 3 is 2.64 bits per heavy atom. The lowest BCUT2D eigenvalue weighted by Gasteiger charge is -2.20. The van der Waals surface area contributed by atoms with Gasteiger partial charge in [0.1, 0.15) is 5.82 Å². The number of carbonyl (C=O) groups excluding carboxylic acids is 2. The minimum atomic E-state index is -0.228. The van der Waals surface area contributed by atoms with Gasteiger partial charge in [0.15, 0.2) is 5.82 Å². The van der Waals surface area contributed by atoms with Gasteiger partial charge in [0.05, 0.1) is 6.54 Å². The average molecular weight is 348 g/mol. The van der Waals surface area contributed by atoms with Crippen molar-refractivity contribution in [1.29, 1.82) is 0 Å². The fraction of sp³-hybridized carbons (Fsp3) is 0.765. The Bertz CT molecular complexity index is 600. The Labute approximate surface area is 148 Å². The molecule has 2 N–H and O–H groups in total. The molecular formula is C17H28N6O2. The summed E-state index contributed by atoms with van der Waals surface area (Å²) in [5, 5.41) is 14.1. The lowest BCUT2D eigenvalue weighted by Crippen LogP contribution is -2.42. The molecule has 138 valence electrons. The summed E-state index contributed by atoms with van der Waals surface area (Å²) in [5.74, 6) is 2.04. The molecule has 0 aliphatic carbocycles. The van der Waals surface area contributed by atoms with Gasteiger partial charge in [-0.2, -0.15) is 0 Å². The molecule has 2 aliphatic heterocycles. The molecule has 0 aromatic carbocycles. The van der Waals surface area contributed by atoms with Gasteiger partial charge in [-0.05, 0) is 25.7 Å². The molecule has 1 aromatic heterocycles. The van der Waals surface area contributed by atoms with Crippen molar-refractivity contribution in [2.45, 2.75) is 64.5 Å². The van der Waals surface area contributed by atoms with E-state index in [-0.39, 0.29) is 11.9 Å². The van der Waals surface area contributed by atoms with Crippen LogP contribution in [0.5, 0.6) is 0 Å². The van der Waals surface area contributed by atoms with E-state index in [1.807, 2.05) is 4.90 Å². The molecule has 0 radical (unpaired) electrons. The summed E-state index contributed by atoms with van der Waals surface area (Å²) < 4.78 is 2.13. The molecule has 0 unspecified atom stereocenters. The second-order valence-corrected chi connectivity index (χ2v) is 6.80. The van der Waals surface area contributed by atoms with Gasteiger partial charge in [-0.1, -0.05) is 12.8 Å². The van der Waals surface area contributed by atoms with Gasteiger partial charge in [-0.3, -0.25) is 4.79 Å². The third kappa shape index (κ3) is 4.93. The van der Waals surface area contributed by atoms with Crippen molar-refractivity contribution < 1.29 is 9.59 Å². The Balaban J connectivity index is 1.40. The summed E-state index contributed by atoms with van der Waals surface area (Å²) in [6, 6.07) is -0.228. The van der Waals surface area contributed by atoms with E-state index in [1.165, 1.54) is 6.42 Å². The van der Waals surface area contributed by atoms with E-state index in [0.717, 1.165) is 63.3 Å². The van der Waals surface area contributed by atoms with Crippen LogP contribution in [-0.2, 0) is 24.3 Å². The first-order chi connectivity index (χ1) is 12.2. The normalized spacial score (nSPS) is 18.2. The van der Waals surface area contributed by atoms with Crippen LogP contribution in [0.25, 0.3) is 0 Å². The summed E-state index contributed by atoms with van der Waals surface area (Å²) in [6.45, 7) is 3.15. The molecule has 0 atom stereocenters. The van der Waals surface area contributed by atoms with E-state index in [4.69, 9.17) is 0 Å².